The van der Waals surface area contributed by atoms with Crippen molar-refractivity contribution in [2.75, 3.05) is 11.9 Å². The summed E-state index contributed by atoms with van der Waals surface area (Å²) in [6.45, 7) is 2.73. The Kier molecular flexibility index (Phi) is 3.42. The summed E-state index contributed by atoms with van der Waals surface area (Å²) in [6, 6.07) is 12.5. The van der Waals surface area contributed by atoms with Crippen molar-refractivity contribution >= 4 is 21.7 Å². The van der Waals surface area contributed by atoms with E-state index in [4.69, 9.17) is 4.74 Å². The van der Waals surface area contributed by atoms with Gasteiger partial charge in [0.1, 0.15) is 11.6 Å². The van der Waals surface area contributed by atoms with Crippen molar-refractivity contribution in [3.8, 4) is 5.75 Å². The third-order valence-corrected chi connectivity index (χ3v) is 4.14. The molecule has 1 atom stereocenters. The first kappa shape index (κ1) is 12.5. The second-order valence-corrected chi connectivity index (χ2v) is 5.49. The largest absolute Gasteiger partial charge is 0.493 e. The zero-order valence-electron chi connectivity index (χ0n) is 10.7. The van der Waals surface area contributed by atoms with Crippen LogP contribution in [0.5, 0.6) is 5.75 Å². The number of nitrogens with one attached hydrogen (secondary N) is 1. The van der Waals surface area contributed by atoms with Crippen LogP contribution in [-0.4, -0.2) is 11.6 Å². The molecule has 3 rings (SSSR count). The van der Waals surface area contributed by atoms with Crippen molar-refractivity contribution in [3.63, 3.8) is 0 Å². The molecular weight excluding hydrogens is 304 g/mol. The standard InChI is InChI=1S/C15H15BrN2O/c1-10-12(16)6-7-15(17-10)18-13-8-9-19-14-5-3-2-4-11(13)14/h2-7,13H,8-9H2,1H3,(H,17,18). The summed E-state index contributed by atoms with van der Waals surface area (Å²) in [5, 5.41) is 3.49. The average Bonchev–Trinajstić information content (AvgIpc) is 2.43. The average molecular weight is 319 g/mol. The molecule has 1 N–H and O–H groups in total. The smallest absolute Gasteiger partial charge is 0.126 e. The van der Waals surface area contributed by atoms with Crippen molar-refractivity contribution in [2.45, 2.75) is 19.4 Å². The minimum atomic E-state index is 0.262. The first-order valence-electron chi connectivity index (χ1n) is 6.35. The molecule has 2 heterocycles. The van der Waals surface area contributed by atoms with Crippen LogP contribution in [0.25, 0.3) is 0 Å². The number of nitrogens with zero attached hydrogens (tertiary/aromatic N) is 1. The van der Waals surface area contributed by atoms with Gasteiger partial charge in [-0.3, -0.25) is 0 Å². The Balaban J connectivity index is 1.86. The molecule has 2 aromatic rings. The van der Waals surface area contributed by atoms with E-state index in [-0.39, 0.29) is 6.04 Å². The maximum absolute atomic E-state index is 5.67. The van der Waals surface area contributed by atoms with E-state index < -0.39 is 0 Å². The molecule has 0 amide bonds. The second-order valence-electron chi connectivity index (χ2n) is 4.64. The minimum Gasteiger partial charge on any atom is -0.493 e. The van der Waals surface area contributed by atoms with Gasteiger partial charge in [0.05, 0.1) is 18.3 Å². The molecule has 1 aromatic heterocycles. The van der Waals surface area contributed by atoms with Gasteiger partial charge in [-0.2, -0.15) is 0 Å². The molecule has 1 aromatic carbocycles. The zero-order chi connectivity index (χ0) is 13.2. The lowest BCUT2D eigenvalue weighted by atomic mass is 10.0. The van der Waals surface area contributed by atoms with Crippen LogP contribution >= 0.6 is 15.9 Å². The molecule has 1 aliphatic rings. The first-order chi connectivity index (χ1) is 9.24. The number of anilines is 1. The highest BCUT2D eigenvalue weighted by Gasteiger charge is 2.21. The number of para-hydroxylation sites is 1. The predicted octanol–water partition coefficient (Wildman–Crippen LogP) is 4.09. The lowest BCUT2D eigenvalue weighted by Gasteiger charge is -2.27. The molecule has 1 aliphatic heterocycles. The maximum atomic E-state index is 5.67. The number of fused-ring (bicyclic) bond motifs is 1. The van der Waals surface area contributed by atoms with E-state index in [0.29, 0.717) is 0 Å². The van der Waals surface area contributed by atoms with Crippen LogP contribution in [0.2, 0.25) is 0 Å². The van der Waals surface area contributed by atoms with Gasteiger partial charge in [0.15, 0.2) is 0 Å². The highest BCUT2D eigenvalue weighted by Crippen LogP contribution is 2.33. The van der Waals surface area contributed by atoms with Gasteiger partial charge in [-0.1, -0.05) is 18.2 Å². The van der Waals surface area contributed by atoms with Crippen LogP contribution < -0.4 is 10.1 Å². The fourth-order valence-corrected chi connectivity index (χ4v) is 2.52. The molecule has 0 radical (unpaired) electrons. The Hall–Kier alpha value is -1.55. The van der Waals surface area contributed by atoms with E-state index in [1.54, 1.807) is 0 Å². The number of pyridine rings is 1. The Morgan fingerprint density at radius 1 is 1.26 bits per heavy atom. The van der Waals surface area contributed by atoms with E-state index in [0.717, 1.165) is 34.8 Å². The first-order valence-corrected chi connectivity index (χ1v) is 7.15. The highest BCUT2D eigenvalue weighted by atomic mass is 79.9. The fraction of sp³-hybridized carbons (Fsp3) is 0.267. The lowest BCUT2D eigenvalue weighted by Crippen LogP contribution is -2.20. The van der Waals surface area contributed by atoms with Gasteiger partial charge in [0, 0.05) is 16.5 Å². The summed E-state index contributed by atoms with van der Waals surface area (Å²) in [4.78, 5) is 4.54. The Morgan fingerprint density at radius 2 is 2.11 bits per heavy atom. The number of rotatable bonds is 2. The van der Waals surface area contributed by atoms with Crippen LogP contribution in [0.3, 0.4) is 0 Å². The fourth-order valence-electron chi connectivity index (χ4n) is 2.29. The number of aryl methyl sites for hydroxylation is 1. The van der Waals surface area contributed by atoms with Gasteiger partial charge in [-0.05, 0) is 41.1 Å². The van der Waals surface area contributed by atoms with E-state index in [1.807, 2.05) is 37.3 Å². The number of aromatic nitrogens is 1. The van der Waals surface area contributed by atoms with Gasteiger partial charge in [0.25, 0.3) is 0 Å². The van der Waals surface area contributed by atoms with Crippen molar-refractivity contribution in [3.05, 3.63) is 52.1 Å². The quantitative estimate of drug-likeness (QED) is 0.905. The third-order valence-electron chi connectivity index (χ3n) is 3.30. The van der Waals surface area contributed by atoms with Gasteiger partial charge in [-0.15, -0.1) is 0 Å². The molecule has 0 bridgehead atoms. The second kappa shape index (κ2) is 5.21. The van der Waals surface area contributed by atoms with Crippen LogP contribution in [0, 0.1) is 6.92 Å². The molecule has 0 fully saturated rings. The van der Waals surface area contributed by atoms with E-state index in [9.17, 15) is 0 Å². The minimum absolute atomic E-state index is 0.262. The third kappa shape index (κ3) is 2.59. The zero-order valence-corrected chi connectivity index (χ0v) is 12.3. The Labute approximate surface area is 121 Å². The van der Waals surface area contributed by atoms with E-state index in [2.05, 4.69) is 32.3 Å². The molecule has 3 nitrogen and oxygen atoms in total. The normalized spacial score (nSPS) is 17.5. The van der Waals surface area contributed by atoms with Crippen LogP contribution in [-0.2, 0) is 0 Å². The monoisotopic (exact) mass is 318 g/mol. The molecule has 98 valence electrons. The number of ether oxygens (including phenoxy) is 1. The molecule has 1 unspecified atom stereocenters. The molecular formula is C15H15BrN2O. The molecule has 19 heavy (non-hydrogen) atoms. The van der Waals surface area contributed by atoms with E-state index >= 15 is 0 Å². The molecule has 0 aliphatic carbocycles. The van der Waals surface area contributed by atoms with Gasteiger partial charge < -0.3 is 10.1 Å². The topological polar surface area (TPSA) is 34.2 Å². The molecule has 0 saturated heterocycles. The summed E-state index contributed by atoms with van der Waals surface area (Å²) in [5.74, 6) is 1.88. The molecule has 0 spiro atoms. The molecule has 4 heteroatoms. The molecule has 0 saturated carbocycles. The summed E-state index contributed by atoms with van der Waals surface area (Å²) in [7, 11) is 0. The summed E-state index contributed by atoms with van der Waals surface area (Å²) in [5.41, 5.74) is 2.20. The van der Waals surface area contributed by atoms with Crippen molar-refractivity contribution in [1.82, 2.24) is 4.98 Å². The van der Waals surface area contributed by atoms with Gasteiger partial charge in [-0.25, -0.2) is 4.98 Å². The predicted molar refractivity (Wildman–Crippen MR) is 79.6 cm³/mol. The maximum Gasteiger partial charge on any atom is 0.126 e. The van der Waals surface area contributed by atoms with Crippen LogP contribution in [0.15, 0.2) is 40.9 Å². The Morgan fingerprint density at radius 3 is 2.95 bits per heavy atom. The summed E-state index contributed by atoms with van der Waals surface area (Å²) >= 11 is 3.47. The van der Waals surface area contributed by atoms with Gasteiger partial charge in [0.2, 0.25) is 0 Å². The van der Waals surface area contributed by atoms with Crippen LogP contribution in [0.4, 0.5) is 5.82 Å². The SMILES string of the molecule is Cc1nc(NC2CCOc3ccccc32)ccc1Br. The summed E-state index contributed by atoms with van der Waals surface area (Å²) < 4.78 is 6.70. The highest BCUT2D eigenvalue weighted by molar-refractivity contribution is 9.10. The number of benzene rings is 1. The lowest BCUT2D eigenvalue weighted by molar-refractivity contribution is 0.274. The van der Waals surface area contributed by atoms with E-state index in [1.165, 1.54) is 5.56 Å². The number of hydrogen-bond acceptors (Lipinski definition) is 3. The van der Waals surface area contributed by atoms with Crippen molar-refractivity contribution < 1.29 is 4.74 Å². The van der Waals surface area contributed by atoms with Crippen molar-refractivity contribution in [1.29, 1.82) is 0 Å². The number of hydrogen-bond donors (Lipinski definition) is 1. The Bertz CT molecular complexity index is 600. The number of halogens is 1. The summed E-state index contributed by atoms with van der Waals surface area (Å²) in [6.07, 6.45) is 0.952. The van der Waals surface area contributed by atoms with Gasteiger partial charge >= 0.3 is 0 Å². The van der Waals surface area contributed by atoms with Crippen LogP contribution in [0.1, 0.15) is 23.7 Å². The van der Waals surface area contributed by atoms with Crippen molar-refractivity contribution in [2.24, 2.45) is 0 Å².